The summed E-state index contributed by atoms with van der Waals surface area (Å²) in [7, 11) is 0. The minimum Gasteiger partial charge on any atom is -0.299 e. The number of carbonyl (C=O) groups excluding carboxylic acids is 1. The molecule has 0 unspecified atom stereocenters. The van der Waals surface area contributed by atoms with Crippen LogP contribution >= 0.6 is 0 Å². The highest BCUT2D eigenvalue weighted by Crippen LogP contribution is 2.80. The molecule has 20 heavy (non-hydrogen) atoms. The third-order valence-corrected chi connectivity index (χ3v) is 7.44. The fraction of sp³-hybridized carbons (Fsp3) is 0.632. The summed E-state index contributed by atoms with van der Waals surface area (Å²) >= 11 is 0. The zero-order valence-electron chi connectivity index (χ0n) is 12.1. The summed E-state index contributed by atoms with van der Waals surface area (Å²) in [6.07, 6.45) is 7.07. The molecule has 0 N–H and O–H groups in total. The first-order valence-electron chi connectivity index (χ1n) is 8.19. The topological polar surface area (TPSA) is 17.1 Å². The Bertz CT molecular complexity index is 618. The van der Waals surface area contributed by atoms with Crippen LogP contribution in [0, 0.1) is 28.7 Å². The number of carbonyl (C=O) groups is 1. The van der Waals surface area contributed by atoms with E-state index in [4.69, 9.17) is 0 Å². The summed E-state index contributed by atoms with van der Waals surface area (Å²) in [6, 6.07) is 9.82. The molecule has 1 spiro atoms. The Morgan fingerprint density at radius 2 is 2.25 bits per heavy atom. The number of rotatable bonds is 0. The van der Waals surface area contributed by atoms with E-state index in [9.17, 15) is 4.79 Å². The lowest BCUT2D eigenvalue weighted by molar-refractivity contribution is -0.132. The molecule has 0 bridgehead atoms. The zero-order chi connectivity index (χ0) is 13.5. The van der Waals surface area contributed by atoms with Gasteiger partial charge in [-0.25, -0.2) is 0 Å². The number of hydrogen-bond acceptors (Lipinski definition) is 1. The summed E-state index contributed by atoms with van der Waals surface area (Å²) in [5, 5.41) is 0. The first-order valence-corrected chi connectivity index (χ1v) is 8.19. The van der Waals surface area contributed by atoms with Crippen molar-refractivity contribution in [1.29, 1.82) is 0 Å². The van der Waals surface area contributed by atoms with Crippen LogP contribution in [0.3, 0.4) is 0 Å². The van der Waals surface area contributed by atoms with Crippen LogP contribution < -0.4 is 0 Å². The Labute approximate surface area is 120 Å². The van der Waals surface area contributed by atoms with Crippen molar-refractivity contribution in [3.05, 3.63) is 35.4 Å². The first-order chi connectivity index (χ1) is 9.67. The second kappa shape index (κ2) is 3.37. The van der Waals surface area contributed by atoms with Gasteiger partial charge in [0.1, 0.15) is 5.78 Å². The van der Waals surface area contributed by atoms with E-state index in [0.717, 1.165) is 30.6 Å². The van der Waals surface area contributed by atoms with Gasteiger partial charge >= 0.3 is 0 Å². The van der Waals surface area contributed by atoms with Crippen LogP contribution in [-0.4, -0.2) is 5.78 Å². The molecule has 5 atom stereocenters. The highest BCUT2D eigenvalue weighted by Gasteiger charge is 2.76. The van der Waals surface area contributed by atoms with Gasteiger partial charge in [-0.15, -0.1) is 0 Å². The van der Waals surface area contributed by atoms with Gasteiger partial charge in [0.25, 0.3) is 0 Å². The summed E-state index contributed by atoms with van der Waals surface area (Å²) in [5.74, 6) is 2.80. The molecule has 5 rings (SSSR count). The molecule has 1 aromatic carbocycles. The third-order valence-electron chi connectivity index (χ3n) is 7.44. The third kappa shape index (κ3) is 1.08. The van der Waals surface area contributed by atoms with Gasteiger partial charge in [-0.3, -0.25) is 4.79 Å². The molecule has 3 saturated carbocycles. The van der Waals surface area contributed by atoms with Crippen LogP contribution in [0.5, 0.6) is 0 Å². The van der Waals surface area contributed by atoms with E-state index in [1.165, 1.54) is 31.2 Å². The van der Waals surface area contributed by atoms with Gasteiger partial charge in [0.15, 0.2) is 0 Å². The molecular weight excluding hydrogens is 244 g/mol. The highest BCUT2D eigenvalue weighted by atomic mass is 16.1. The standard InChI is InChI=1S/C19H21O/c1-18-9-8-15-14-5-3-2-4-12(14)6-7-16(15)19(18)11-13(19)10-17(18)20/h3-5,13,15-16H,6-11H2,1H3/t13-,15-,16-,18-,19+/m1/s1. The number of benzene rings is 1. The molecule has 0 aliphatic heterocycles. The quantitative estimate of drug-likeness (QED) is 0.695. The second-order valence-corrected chi connectivity index (χ2v) is 7.82. The van der Waals surface area contributed by atoms with Crippen LogP contribution in [0.2, 0.25) is 0 Å². The summed E-state index contributed by atoms with van der Waals surface area (Å²) in [4.78, 5) is 12.5. The number of ketones is 1. The monoisotopic (exact) mass is 265 g/mol. The van der Waals surface area contributed by atoms with Crippen LogP contribution in [0.1, 0.15) is 56.1 Å². The lowest BCUT2D eigenvalue weighted by atomic mass is 9.52. The maximum absolute atomic E-state index is 12.5. The van der Waals surface area contributed by atoms with Gasteiger partial charge in [-0.05, 0) is 72.5 Å². The minimum absolute atomic E-state index is 0.0250. The maximum atomic E-state index is 12.5. The molecule has 0 saturated heterocycles. The van der Waals surface area contributed by atoms with E-state index in [1.807, 2.05) is 0 Å². The Morgan fingerprint density at radius 3 is 3.15 bits per heavy atom. The maximum Gasteiger partial charge on any atom is 0.139 e. The molecule has 1 aromatic rings. The molecule has 3 fully saturated rings. The van der Waals surface area contributed by atoms with Crippen molar-refractivity contribution >= 4 is 5.78 Å². The number of fused-ring (bicyclic) bond motifs is 3. The van der Waals surface area contributed by atoms with Crippen molar-refractivity contribution in [2.75, 3.05) is 0 Å². The van der Waals surface area contributed by atoms with Crippen LogP contribution in [0.4, 0.5) is 0 Å². The van der Waals surface area contributed by atoms with E-state index >= 15 is 0 Å². The second-order valence-electron chi connectivity index (χ2n) is 7.82. The highest BCUT2D eigenvalue weighted by molar-refractivity contribution is 5.90. The lowest BCUT2D eigenvalue weighted by Gasteiger charge is -2.50. The van der Waals surface area contributed by atoms with Crippen molar-refractivity contribution in [1.82, 2.24) is 0 Å². The zero-order valence-corrected chi connectivity index (χ0v) is 12.1. The molecular formula is C19H21O. The average molecular weight is 265 g/mol. The summed E-state index contributed by atoms with van der Waals surface area (Å²) in [5.41, 5.74) is 3.53. The van der Waals surface area contributed by atoms with Crippen molar-refractivity contribution in [3.8, 4) is 0 Å². The van der Waals surface area contributed by atoms with Crippen molar-refractivity contribution in [2.45, 2.75) is 51.4 Å². The molecule has 4 aliphatic carbocycles. The smallest absolute Gasteiger partial charge is 0.139 e. The van der Waals surface area contributed by atoms with Gasteiger partial charge in [-0.1, -0.05) is 25.1 Å². The Hall–Kier alpha value is -1.11. The molecule has 103 valence electrons. The largest absolute Gasteiger partial charge is 0.299 e. The van der Waals surface area contributed by atoms with E-state index in [0.29, 0.717) is 11.2 Å². The number of aryl methyl sites for hydroxylation is 1. The number of Topliss-reactive ketones (excluding diaryl/α,β-unsaturated/α-hetero) is 1. The van der Waals surface area contributed by atoms with Gasteiger partial charge in [0, 0.05) is 11.8 Å². The number of hydrogen-bond donors (Lipinski definition) is 0. The van der Waals surface area contributed by atoms with Gasteiger partial charge in [0.2, 0.25) is 0 Å². The summed E-state index contributed by atoms with van der Waals surface area (Å²) in [6.45, 7) is 2.30. The van der Waals surface area contributed by atoms with Gasteiger partial charge in [0.05, 0.1) is 0 Å². The predicted octanol–water partition coefficient (Wildman–Crippen LogP) is 3.91. The average Bonchev–Trinajstić information content (AvgIpc) is 3.12. The Balaban J connectivity index is 1.63. The lowest BCUT2D eigenvalue weighted by Crippen LogP contribution is -2.46. The van der Waals surface area contributed by atoms with E-state index < -0.39 is 0 Å². The molecule has 1 nitrogen and oxygen atoms in total. The molecule has 0 aromatic heterocycles. The van der Waals surface area contributed by atoms with Crippen LogP contribution in [0.25, 0.3) is 0 Å². The molecule has 0 heterocycles. The first kappa shape index (κ1) is 11.5. The predicted molar refractivity (Wildman–Crippen MR) is 77.3 cm³/mol. The van der Waals surface area contributed by atoms with Gasteiger partial charge in [-0.2, -0.15) is 0 Å². The Morgan fingerprint density at radius 1 is 1.35 bits per heavy atom. The molecule has 1 radical (unpaired) electrons. The molecule has 0 amide bonds. The van der Waals surface area contributed by atoms with Gasteiger partial charge < -0.3 is 0 Å². The van der Waals surface area contributed by atoms with E-state index in [1.54, 1.807) is 5.56 Å². The summed E-state index contributed by atoms with van der Waals surface area (Å²) < 4.78 is 0. The van der Waals surface area contributed by atoms with E-state index in [-0.39, 0.29) is 5.41 Å². The normalized spacial score (nSPS) is 48.0. The Kier molecular flexibility index (Phi) is 1.95. The molecule has 1 heteroatoms. The van der Waals surface area contributed by atoms with Crippen molar-refractivity contribution in [2.24, 2.45) is 22.7 Å². The minimum atomic E-state index is 0.0250. The van der Waals surface area contributed by atoms with Crippen LogP contribution in [-0.2, 0) is 11.2 Å². The van der Waals surface area contributed by atoms with Crippen LogP contribution in [0.15, 0.2) is 18.2 Å². The van der Waals surface area contributed by atoms with Crippen molar-refractivity contribution < 1.29 is 4.79 Å². The SMILES string of the molecule is C[C@]12CC[C@@H]3c4cc[c]cc4CC[C@H]3[C@@]13C[C@H]3CC2=O. The fourth-order valence-electron chi connectivity index (χ4n) is 6.42. The fourth-order valence-corrected chi connectivity index (χ4v) is 6.42. The molecule has 4 aliphatic rings. The van der Waals surface area contributed by atoms with Crippen molar-refractivity contribution in [3.63, 3.8) is 0 Å². The van der Waals surface area contributed by atoms with E-state index in [2.05, 4.69) is 31.2 Å².